The Hall–Kier alpha value is -5.49. The molecule has 12 heteroatoms. The standard InChI is InChI=1S/C27H42NOP.C24H36NOP.C16H20NOP.C15H18OP2/c1-17(2)28(18(3)4)22-14-12-13-19(5)25(22)30-23-16-20(26(6,7)8)15-21(24(23)29)27(9,10)11;1-15(2)25(16(3)4)20-12-10-11-17(5)23(20)27-21-14-19(24(7,8)9)13-18(6)22(21)26;1-11-7-6-10-14(15(11)18)19-16-12(2)8-5-9-13(16)17(3)4;1-11-7-6-10-14(18(2)3)15(11)17-13-9-5-4-8-12(13)16/h12-18,29-30H,1-11H3;10-16,26-27H,1-9H3;5-10,18-19H,1-4H3;4-10,16-17H,1-3H3. The summed E-state index contributed by atoms with van der Waals surface area (Å²) in [5.74, 6) is 1.73. The fourth-order valence-electron chi connectivity index (χ4n) is 11.7. The van der Waals surface area contributed by atoms with E-state index in [0.717, 1.165) is 37.9 Å². The highest BCUT2D eigenvalue weighted by molar-refractivity contribution is 7.67. The van der Waals surface area contributed by atoms with Gasteiger partial charge in [-0.05, 0) is 218 Å². The molecule has 0 fully saturated rings. The molecule has 7 nitrogen and oxygen atoms in total. The van der Waals surface area contributed by atoms with E-state index in [9.17, 15) is 20.4 Å². The van der Waals surface area contributed by atoms with Crippen molar-refractivity contribution in [3.8, 4) is 23.0 Å². The summed E-state index contributed by atoms with van der Waals surface area (Å²) in [4.78, 5) is 7.10. The molecule has 0 saturated carbocycles. The molecule has 0 aromatic heterocycles. The smallest absolute Gasteiger partial charge is 0.127 e. The molecule has 8 aromatic rings. The van der Waals surface area contributed by atoms with E-state index < -0.39 is 0 Å². The maximum absolute atomic E-state index is 11.3. The lowest BCUT2D eigenvalue weighted by molar-refractivity contribution is 0.449. The minimum atomic E-state index is -0.113. The number of para-hydroxylation sites is 2. The highest BCUT2D eigenvalue weighted by Crippen LogP contribution is 2.39. The van der Waals surface area contributed by atoms with E-state index in [1.165, 1.54) is 77.0 Å². The van der Waals surface area contributed by atoms with Crippen LogP contribution in [0.2, 0.25) is 0 Å². The first-order valence-electron chi connectivity index (χ1n) is 33.3. The van der Waals surface area contributed by atoms with E-state index in [4.69, 9.17) is 0 Å². The highest BCUT2D eigenvalue weighted by atomic mass is 31.1. The number of phenols is 4. The molecule has 4 atom stereocenters. The molecule has 0 heterocycles. The number of benzene rings is 8. The number of anilines is 3. The first-order chi connectivity index (χ1) is 43.7. The van der Waals surface area contributed by atoms with Gasteiger partial charge in [-0.15, -0.1) is 0 Å². The van der Waals surface area contributed by atoms with Crippen molar-refractivity contribution in [2.45, 2.75) is 200 Å². The van der Waals surface area contributed by atoms with Gasteiger partial charge in [-0.25, -0.2) is 0 Å². The predicted octanol–water partition coefficient (Wildman–Crippen LogP) is 17.5. The van der Waals surface area contributed by atoms with Gasteiger partial charge in [0.05, 0.1) is 0 Å². The highest BCUT2D eigenvalue weighted by Gasteiger charge is 2.28. The van der Waals surface area contributed by atoms with E-state index in [-0.39, 0.29) is 24.2 Å². The second-order valence-electron chi connectivity index (χ2n) is 29.7. The summed E-state index contributed by atoms with van der Waals surface area (Å²) >= 11 is 0. The van der Waals surface area contributed by atoms with E-state index in [1.54, 1.807) is 6.07 Å². The summed E-state index contributed by atoms with van der Waals surface area (Å²) in [5, 5.41) is 53.1. The van der Waals surface area contributed by atoms with Crippen LogP contribution in [0.25, 0.3) is 0 Å². The number of hydrogen-bond acceptors (Lipinski definition) is 7. The summed E-state index contributed by atoms with van der Waals surface area (Å²) in [7, 11) is 5.84. The van der Waals surface area contributed by atoms with Crippen molar-refractivity contribution in [2.24, 2.45) is 0 Å². The lowest BCUT2D eigenvalue weighted by Crippen LogP contribution is -2.39. The molecular formula is C82H116N3O4P5. The minimum Gasteiger partial charge on any atom is -0.507 e. The molecule has 508 valence electrons. The van der Waals surface area contributed by atoms with Crippen molar-refractivity contribution in [1.82, 2.24) is 0 Å². The lowest BCUT2D eigenvalue weighted by atomic mass is 9.80. The molecule has 94 heavy (non-hydrogen) atoms. The van der Waals surface area contributed by atoms with Gasteiger partial charge in [-0.1, -0.05) is 208 Å². The number of phenolic OH excluding ortho intramolecular Hbond substituents is 4. The van der Waals surface area contributed by atoms with Gasteiger partial charge >= 0.3 is 0 Å². The van der Waals surface area contributed by atoms with Crippen LogP contribution in [0.5, 0.6) is 23.0 Å². The van der Waals surface area contributed by atoms with Crippen molar-refractivity contribution >= 4 is 107 Å². The third-order valence-corrected chi connectivity index (χ3v) is 24.7. The quantitative estimate of drug-likeness (QED) is 0.0717. The van der Waals surface area contributed by atoms with Crippen LogP contribution in [0.3, 0.4) is 0 Å². The number of hydrogen-bond donors (Lipinski definition) is 4. The average Bonchev–Trinajstić information content (AvgIpc) is 0.789. The second kappa shape index (κ2) is 34.1. The first kappa shape index (κ1) is 79.2. The van der Waals surface area contributed by atoms with Gasteiger partial charge in [0.15, 0.2) is 0 Å². The van der Waals surface area contributed by atoms with Gasteiger partial charge in [-0.3, -0.25) is 0 Å². The maximum Gasteiger partial charge on any atom is 0.127 e. The van der Waals surface area contributed by atoms with Crippen LogP contribution in [0.1, 0.15) is 168 Å². The van der Waals surface area contributed by atoms with Gasteiger partial charge in [-0.2, -0.15) is 0 Å². The van der Waals surface area contributed by atoms with E-state index in [0.29, 0.717) is 81.5 Å². The molecule has 0 amide bonds. The third kappa shape index (κ3) is 21.0. The lowest BCUT2D eigenvalue weighted by Gasteiger charge is -2.35. The molecule has 8 aromatic carbocycles. The van der Waals surface area contributed by atoms with Crippen molar-refractivity contribution < 1.29 is 20.4 Å². The van der Waals surface area contributed by atoms with Gasteiger partial charge in [0.25, 0.3) is 0 Å². The summed E-state index contributed by atoms with van der Waals surface area (Å²) in [6, 6.07) is 50.0. The fourth-order valence-corrected chi connectivity index (χ4v) is 18.9. The molecule has 0 radical (unpaired) electrons. The topological polar surface area (TPSA) is 90.6 Å². The molecule has 4 N–H and O–H groups in total. The maximum atomic E-state index is 11.3. The van der Waals surface area contributed by atoms with Crippen LogP contribution in [-0.4, -0.2) is 72.0 Å². The zero-order chi connectivity index (χ0) is 70.6. The van der Waals surface area contributed by atoms with E-state index in [2.05, 4.69) is 285 Å². The molecular weight excluding hydrogens is 1250 g/mol. The van der Waals surface area contributed by atoms with Gasteiger partial charge in [0, 0.05) is 98.0 Å². The predicted molar refractivity (Wildman–Crippen MR) is 431 cm³/mol. The largest absolute Gasteiger partial charge is 0.507 e. The van der Waals surface area contributed by atoms with Crippen LogP contribution in [-0.2, 0) is 16.2 Å². The van der Waals surface area contributed by atoms with Crippen molar-refractivity contribution in [3.05, 3.63) is 190 Å². The van der Waals surface area contributed by atoms with Gasteiger partial charge in [0.1, 0.15) is 23.0 Å². The summed E-state index contributed by atoms with van der Waals surface area (Å²) in [6.45, 7) is 55.1. The third-order valence-electron chi connectivity index (χ3n) is 16.9. The Kier molecular flexibility index (Phi) is 28.8. The second-order valence-corrected chi connectivity index (χ2v) is 37.1. The number of rotatable bonds is 16. The Morgan fingerprint density at radius 3 is 1.13 bits per heavy atom. The van der Waals surface area contributed by atoms with E-state index in [1.807, 2.05) is 50.2 Å². The molecule has 0 spiro atoms. The van der Waals surface area contributed by atoms with Gasteiger partial charge in [0.2, 0.25) is 0 Å². The molecule has 0 aliphatic heterocycles. The fraction of sp³-hybridized carbons (Fsp3) is 0.415. The Balaban J connectivity index is 0.000000232. The number of nitrogens with zero attached hydrogens (tertiary/aromatic N) is 3. The molecule has 0 aliphatic rings. The molecule has 0 saturated heterocycles. The monoisotopic (exact) mass is 1360 g/mol. The van der Waals surface area contributed by atoms with Crippen molar-refractivity contribution in [3.63, 3.8) is 0 Å². The van der Waals surface area contributed by atoms with E-state index >= 15 is 0 Å². The zero-order valence-corrected chi connectivity index (χ0v) is 67.1. The van der Waals surface area contributed by atoms with Crippen LogP contribution in [0.4, 0.5) is 17.1 Å². The first-order valence-corrected chi connectivity index (χ1v) is 39.6. The molecule has 0 aliphatic carbocycles. The van der Waals surface area contributed by atoms with Crippen LogP contribution in [0, 0.1) is 41.5 Å². The molecule has 8 rings (SSSR count). The van der Waals surface area contributed by atoms with Crippen LogP contribution in [0.15, 0.2) is 140 Å². The van der Waals surface area contributed by atoms with Gasteiger partial charge < -0.3 is 35.1 Å². The molecule has 4 unspecified atom stereocenters. The molecule has 0 bridgehead atoms. The Bertz CT molecular complexity index is 3800. The summed E-state index contributed by atoms with van der Waals surface area (Å²) in [6.07, 6.45) is 0. The number of aryl methyl sites for hydroxylation is 6. The Labute approximate surface area is 578 Å². The SMILES string of the molecule is Cc1cc(C(C)(C)C)cc(Pc2c(C)cccc2N(C(C)C)C(C)C)c1O.Cc1cccc(N(C(C)C)C(C)C)c1Pc1cc(C(C)(C)C)cc(C(C)(C)C)c1O.Cc1cccc(P(C)C)c1Pc1ccccc1O.Cc1cccc(Pc2c(C)cccc2N(C)C)c1O. The Morgan fingerprint density at radius 1 is 0.351 bits per heavy atom. The van der Waals surface area contributed by atoms with Crippen LogP contribution >= 0.6 is 42.2 Å². The minimum absolute atomic E-state index is 0.0311. The summed E-state index contributed by atoms with van der Waals surface area (Å²) < 4.78 is 0. The summed E-state index contributed by atoms with van der Waals surface area (Å²) in [5.41, 5.74) is 14.4. The van der Waals surface area contributed by atoms with Crippen LogP contribution < -0.4 is 62.4 Å². The Morgan fingerprint density at radius 2 is 0.702 bits per heavy atom. The zero-order valence-electron chi connectivity index (χ0n) is 62.2. The average molecular weight is 1360 g/mol. The number of aromatic hydroxyl groups is 4. The van der Waals surface area contributed by atoms with Crippen molar-refractivity contribution in [2.75, 3.05) is 42.1 Å². The normalized spacial score (nSPS) is 12.3. The van der Waals surface area contributed by atoms with Crippen molar-refractivity contribution in [1.29, 1.82) is 0 Å².